The summed E-state index contributed by atoms with van der Waals surface area (Å²) < 4.78 is 5.83. The van der Waals surface area contributed by atoms with Crippen molar-refractivity contribution in [1.82, 2.24) is 10.3 Å². The zero-order valence-electron chi connectivity index (χ0n) is 16.3. The van der Waals surface area contributed by atoms with Gasteiger partial charge in [0.25, 0.3) is 0 Å². The Morgan fingerprint density at radius 1 is 1.31 bits per heavy atom. The number of aromatic amines is 1. The number of ether oxygens (including phenoxy) is 1. The van der Waals surface area contributed by atoms with Gasteiger partial charge in [-0.05, 0) is 57.2 Å². The number of hydrogen-bond donors (Lipinski definition) is 2. The average molecular weight is 379 g/mol. The molecule has 0 saturated heterocycles. The van der Waals surface area contributed by atoms with E-state index >= 15 is 0 Å². The van der Waals surface area contributed by atoms with Gasteiger partial charge in [0.2, 0.25) is 5.91 Å². The van der Waals surface area contributed by atoms with Crippen LogP contribution in [-0.2, 0) is 11.2 Å². The quantitative estimate of drug-likeness (QED) is 0.537. The van der Waals surface area contributed by atoms with Crippen molar-refractivity contribution in [3.8, 4) is 5.75 Å². The zero-order chi connectivity index (χ0) is 19.1. The number of rotatable bonds is 10. The van der Waals surface area contributed by atoms with Gasteiger partial charge >= 0.3 is 0 Å². The molecule has 26 heavy (non-hydrogen) atoms. The highest BCUT2D eigenvalue weighted by atomic mass is 35.5. The van der Waals surface area contributed by atoms with Crippen molar-refractivity contribution in [2.24, 2.45) is 5.92 Å². The molecule has 2 aromatic rings. The predicted molar refractivity (Wildman–Crippen MR) is 109 cm³/mol. The number of fused-ring (bicyclic) bond motifs is 1. The van der Waals surface area contributed by atoms with E-state index in [1.165, 1.54) is 5.56 Å². The highest BCUT2D eigenvalue weighted by molar-refractivity contribution is 6.32. The Morgan fingerprint density at radius 3 is 2.73 bits per heavy atom. The van der Waals surface area contributed by atoms with E-state index in [-0.39, 0.29) is 17.9 Å². The molecule has 144 valence electrons. The summed E-state index contributed by atoms with van der Waals surface area (Å²) in [4.78, 5) is 15.6. The minimum atomic E-state index is 0.0370. The highest BCUT2D eigenvalue weighted by Gasteiger charge is 2.18. The molecular weight excluding hydrogens is 348 g/mol. The van der Waals surface area contributed by atoms with E-state index < -0.39 is 0 Å². The second-order valence-corrected chi connectivity index (χ2v) is 7.56. The minimum absolute atomic E-state index is 0.0370. The predicted octanol–water partition coefficient (Wildman–Crippen LogP) is 5.48. The molecule has 2 rings (SSSR count). The van der Waals surface area contributed by atoms with Gasteiger partial charge in [-0.2, -0.15) is 0 Å². The third-order valence-electron chi connectivity index (χ3n) is 4.63. The summed E-state index contributed by atoms with van der Waals surface area (Å²) in [6.07, 6.45) is 6.64. The Labute approximate surface area is 161 Å². The largest absolute Gasteiger partial charge is 0.492 e. The summed E-state index contributed by atoms with van der Waals surface area (Å²) in [6, 6.07) is 4.12. The molecule has 1 aromatic heterocycles. The lowest BCUT2D eigenvalue weighted by atomic mass is 9.96. The van der Waals surface area contributed by atoms with Crippen LogP contribution >= 0.6 is 11.6 Å². The van der Waals surface area contributed by atoms with E-state index in [0.717, 1.165) is 48.8 Å². The maximum absolute atomic E-state index is 12.3. The Bertz CT molecular complexity index is 724. The molecule has 0 radical (unpaired) electrons. The molecular formula is C21H31ClN2O2. The van der Waals surface area contributed by atoms with Gasteiger partial charge in [0, 0.05) is 29.1 Å². The molecule has 0 saturated carbocycles. The van der Waals surface area contributed by atoms with Gasteiger partial charge in [-0.3, -0.25) is 4.79 Å². The van der Waals surface area contributed by atoms with Gasteiger partial charge in [0.05, 0.1) is 11.6 Å². The van der Waals surface area contributed by atoms with E-state index in [1.54, 1.807) is 0 Å². The van der Waals surface area contributed by atoms with Crippen molar-refractivity contribution in [3.05, 3.63) is 28.9 Å². The van der Waals surface area contributed by atoms with Crippen LogP contribution in [0.5, 0.6) is 5.75 Å². The summed E-state index contributed by atoms with van der Waals surface area (Å²) in [5.74, 6) is 0.918. The molecule has 1 amide bonds. The minimum Gasteiger partial charge on any atom is -0.492 e. The number of amides is 1. The first-order valence-electron chi connectivity index (χ1n) is 9.68. The number of nitrogens with one attached hydrogen (secondary N) is 2. The lowest BCUT2D eigenvalue weighted by molar-refractivity contribution is -0.125. The van der Waals surface area contributed by atoms with Crippen molar-refractivity contribution in [2.45, 2.75) is 65.8 Å². The Morgan fingerprint density at radius 2 is 2.08 bits per heavy atom. The lowest BCUT2D eigenvalue weighted by Crippen LogP contribution is -2.35. The molecule has 1 aromatic carbocycles. The van der Waals surface area contributed by atoms with E-state index in [2.05, 4.69) is 24.1 Å². The van der Waals surface area contributed by atoms with Crippen LogP contribution in [0.4, 0.5) is 0 Å². The molecule has 2 N–H and O–H groups in total. The number of halogens is 1. The first-order valence-corrected chi connectivity index (χ1v) is 10.1. The number of aromatic nitrogens is 1. The fourth-order valence-electron chi connectivity index (χ4n) is 3.08. The van der Waals surface area contributed by atoms with Gasteiger partial charge in [-0.15, -0.1) is 0 Å². The number of H-pyrrole nitrogens is 1. The van der Waals surface area contributed by atoms with E-state index in [0.29, 0.717) is 11.6 Å². The van der Waals surface area contributed by atoms with Crippen molar-refractivity contribution in [3.63, 3.8) is 0 Å². The van der Waals surface area contributed by atoms with Crippen LogP contribution in [0.3, 0.4) is 0 Å². The standard InChI is InChI=1S/C21H31ClN2O2/c1-5-7-10-26-20-11-17-16(13-23-19(17)12-18(20)22)9-8-15(6-2)21(25)24-14(3)4/h11-15,23H,5-10H2,1-4H3,(H,24,25). The van der Waals surface area contributed by atoms with Gasteiger partial charge in [0.1, 0.15) is 5.75 Å². The van der Waals surface area contributed by atoms with Crippen molar-refractivity contribution < 1.29 is 9.53 Å². The van der Waals surface area contributed by atoms with Gasteiger partial charge < -0.3 is 15.0 Å². The summed E-state index contributed by atoms with van der Waals surface area (Å²) in [7, 11) is 0. The smallest absolute Gasteiger partial charge is 0.223 e. The van der Waals surface area contributed by atoms with Crippen LogP contribution in [0.25, 0.3) is 10.9 Å². The molecule has 0 aliphatic carbocycles. The normalized spacial score (nSPS) is 12.5. The number of aryl methyl sites for hydroxylation is 1. The van der Waals surface area contributed by atoms with Crippen LogP contribution in [0, 0.1) is 5.92 Å². The number of unbranched alkanes of at least 4 members (excludes halogenated alkanes) is 1. The number of hydrogen-bond acceptors (Lipinski definition) is 2. The summed E-state index contributed by atoms with van der Waals surface area (Å²) >= 11 is 6.33. The molecule has 1 atom stereocenters. The van der Waals surface area contributed by atoms with Gasteiger partial charge in [0.15, 0.2) is 0 Å². The number of carbonyl (C=O) groups is 1. The second-order valence-electron chi connectivity index (χ2n) is 7.15. The van der Waals surface area contributed by atoms with Crippen LogP contribution in [-0.4, -0.2) is 23.5 Å². The van der Waals surface area contributed by atoms with Crippen molar-refractivity contribution >= 4 is 28.4 Å². The fraction of sp³-hybridized carbons (Fsp3) is 0.571. The molecule has 0 aliphatic heterocycles. The van der Waals surface area contributed by atoms with Crippen molar-refractivity contribution in [1.29, 1.82) is 0 Å². The topological polar surface area (TPSA) is 54.1 Å². The zero-order valence-corrected chi connectivity index (χ0v) is 17.1. The molecule has 0 bridgehead atoms. The maximum atomic E-state index is 12.3. The molecule has 0 fully saturated rings. The highest BCUT2D eigenvalue weighted by Crippen LogP contribution is 2.32. The van der Waals surface area contributed by atoms with E-state index in [1.807, 2.05) is 32.2 Å². The molecule has 0 aliphatic rings. The Kier molecular flexibility index (Phi) is 7.83. The summed E-state index contributed by atoms with van der Waals surface area (Å²) in [6.45, 7) is 8.87. The van der Waals surface area contributed by atoms with E-state index in [4.69, 9.17) is 16.3 Å². The Balaban J connectivity index is 2.11. The van der Waals surface area contributed by atoms with E-state index in [9.17, 15) is 4.79 Å². The molecule has 1 heterocycles. The summed E-state index contributed by atoms with van der Waals surface area (Å²) in [5.41, 5.74) is 2.21. The van der Waals surface area contributed by atoms with Crippen molar-refractivity contribution in [2.75, 3.05) is 6.61 Å². The first kappa shape index (κ1) is 20.6. The monoisotopic (exact) mass is 378 g/mol. The van der Waals surface area contributed by atoms with Gasteiger partial charge in [-0.25, -0.2) is 0 Å². The van der Waals surface area contributed by atoms with Gasteiger partial charge in [-0.1, -0.05) is 31.9 Å². The van der Waals surface area contributed by atoms with Crippen LogP contribution in [0.2, 0.25) is 5.02 Å². The first-order chi connectivity index (χ1) is 12.5. The second kappa shape index (κ2) is 9.86. The third kappa shape index (κ3) is 5.41. The summed E-state index contributed by atoms with van der Waals surface area (Å²) in [5, 5.41) is 4.78. The molecule has 4 nitrogen and oxygen atoms in total. The van der Waals surface area contributed by atoms with Crippen LogP contribution < -0.4 is 10.1 Å². The third-order valence-corrected chi connectivity index (χ3v) is 4.93. The molecule has 0 spiro atoms. The molecule has 5 heteroatoms. The average Bonchev–Trinajstić information content (AvgIpc) is 2.97. The number of benzene rings is 1. The Hall–Kier alpha value is -1.68. The lowest BCUT2D eigenvalue weighted by Gasteiger charge is -2.16. The maximum Gasteiger partial charge on any atom is 0.223 e. The van der Waals surface area contributed by atoms with Crippen LogP contribution in [0.1, 0.15) is 58.9 Å². The molecule has 1 unspecified atom stereocenters. The SMILES string of the molecule is CCCCOc1cc2c(CCC(CC)C(=O)NC(C)C)c[nH]c2cc1Cl. The fourth-order valence-corrected chi connectivity index (χ4v) is 3.30. The van der Waals surface area contributed by atoms with Crippen LogP contribution in [0.15, 0.2) is 18.3 Å². The number of carbonyl (C=O) groups excluding carboxylic acids is 1.